The van der Waals surface area contributed by atoms with Crippen LogP contribution in [0.15, 0.2) is 35.7 Å². The van der Waals surface area contributed by atoms with E-state index in [4.69, 9.17) is 14.2 Å². The highest BCUT2D eigenvalue weighted by atomic mass is 32.1. The highest BCUT2D eigenvalue weighted by molar-refractivity contribution is 7.12. The number of anilines is 1. The van der Waals surface area contributed by atoms with Crippen LogP contribution in [0.4, 0.5) is 5.69 Å². The van der Waals surface area contributed by atoms with Crippen molar-refractivity contribution < 1.29 is 28.6 Å². The molecule has 3 aromatic rings. The van der Waals surface area contributed by atoms with Gasteiger partial charge in [0.2, 0.25) is 5.78 Å². The van der Waals surface area contributed by atoms with E-state index >= 15 is 0 Å². The van der Waals surface area contributed by atoms with E-state index in [2.05, 4.69) is 5.32 Å². The molecule has 0 bridgehead atoms. The summed E-state index contributed by atoms with van der Waals surface area (Å²) in [6, 6.07) is 8.11. The van der Waals surface area contributed by atoms with Crippen molar-refractivity contribution >= 4 is 34.7 Å². The molecule has 0 fully saturated rings. The van der Waals surface area contributed by atoms with Crippen molar-refractivity contribution in [1.29, 1.82) is 0 Å². The molecular weight excluding hydrogens is 444 g/mol. The van der Waals surface area contributed by atoms with Gasteiger partial charge < -0.3 is 24.1 Å². The van der Waals surface area contributed by atoms with Gasteiger partial charge in [0.1, 0.15) is 0 Å². The van der Waals surface area contributed by atoms with Crippen LogP contribution in [0.5, 0.6) is 11.5 Å². The Labute approximate surface area is 196 Å². The lowest BCUT2D eigenvalue weighted by atomic mass is 10.1. The van der Waals surface area contributed by atoms with Crippen LogP contribution in [-0.4, -0.2) is 43.1 Å². The van der Waals surface area contributed by atoms with Crippen molar-refractivity contribution in [3.8, 4) is 11.5 Å². The highest BCUT2D eigenvalue weighted by Crippen LogP contribution is 2.34. The third-order valence-electron chi connectivity index (χ3n) is 5.26. The van der Waals surface area contributed by atoms with E-state index in [1.54, 1.807) is 23.6 Å². The molecule has 0 saturated heterocycles. The first-order valence-electron chi connectivity index (χ1n) is 10.3. The Balaban J connectivity index is 1.84. The minimum Gasteiger partial charge on any atom is -0.493 e. The van der Waals surface area contributed by atoms with Gasteiger partial charge in [0.25, 0.3) is 5.91 Å². The lowest BCUT2D eigenvalue weighted by Crippen LogP contribution is -2.18. The number of thiophene rings is 1. The number of methoxy groups -OCH3 is 2. The van der Waals surface area contributed by atoms with E-state index < -0.39 is 12.6 Å². The van der Waals surface area contributed by atoms with Crippen LogP contribution in [0, 0.1) is 13.8 Å². The number of Topliss-reactive ketones (excluding diaryl/α,β-unsaturated/α-hetero) is 1. The zero-order chi connectivity index (χ0) is 24.1. The molecule has 2 aromatic heterocycles. The summed E-state index contributed by atoms with van der Waals surface area (Å²) in [5, 5.41) is 4.49. The van der Waals surface area contributed by atoms with Crippen LogP contribution >= 0.6 is 11.3 Å². The second kappa shape index (κ2) is 10.4. The Morgan fingerprint density at radius 3 is 2.30 bits per heavy atom. The van der Waals surface area contributed by atoms with Crippen molar-refractivity contribution in [3.05, 3.63) is 63.1 Å². The van der Waals surface area contributed by atoms with Gasteiger partial charge in [-0.05, 0) is 38.3 Å². The second-order valence-electron chi connectivity index (χ2n) is 7.21. The first kappa shape index (κ1) is 24.1. The fourth-order valence-corrected chi connectivity index (χ4v) is 4.22. The first-order chi connectivity index (χ1) is 15.8. The standard InChI is InChI=1S/C24H26N2O6S/c1-6-26-14(2)10-16(15(26)3)19(27)13-32-24(29)17-11-20(30-4)21(31-5)12-18(17)25-23(28)22-8-7-9-33-22/h7-12H,6,13H2,1-5H3,(H,25,28). The SMILES string of the molecule is CCn1c(C)cc(C(=O)COC(=O)c2cc(OC)c(OC)cc2NC(=O)c2cccs2)c1C. The van der Waals surface area contributed by atoms with Gasteiger partial charge in [-0.3, -0.25) is 9.59 Å². The average molecular weight is 471 g/mol. The number of ketones is 1. The van der Waals surface area contributed by atoms with Gasteiger partial charge in [-0.15, -0.1) is 11.3 Å². The minimum atomic E-state index is -0.768. The van der Waals surface area contributed by atoms with Crippen molar-refractivity contribution in [2.45, 2.75) is 27.3 Å². The molecule has 1 N–H and O–H groups in total. The maximum absolute atomic E-state index is 12.9. The van der Waals surface area contributed by atoms with Crippen LogP contribution in [0.3, 0.4) is 0 Å². The Hall–Kier alpha value is -3.59. The van der Waals surface area contributed by atoms with Gasteiger partial charge in [-0.1, -0.05) is 6.07 Å². The number of carbonyl (C=O) groups excluding carboxylic acids is 3. The normalized spacial score (nSPS) is 10.6. The zero-order valence-electron chi connectivity index (χ0n) is 19.2. The lowest BCUT2D eigenvalue weighted by molar-refractivity contribution is 0.0475. The summed E-state index contributed by atoms with van der Waals surface area (Å²) in [7, 11) is 2.88. The van der Waals surface area contributed by atoms with Crippen LogP contribution in [0.25, 0.3) is 0 Å². The summed E-state index contributed by atoms with van der Waals surface area (Å²) >= 11 is 1.27. The maximum atomic E-state index is 12.9. The molecule has 1 amide bonds. The predicted molar refractivity (Wildman–Crippen MR) is 126 cm³/mol. The molecule has 3 rings (SSSR count). The number of esters is 1. The fourth-order valence-electron chi connectivity index (χ4n) is 3.60. The van der Waals surface area contributed by atoms with E-state index in [0.29, 0.717) is 16.2 Å². The summed E-state index contributed by atoms with van der Waals surface area (Å²) < 4.78 is 17.9. The largest absolute Gasteiger partial charge is 0.493 e. The molecule has 0 aliphatic heterocycles. The monoisotopic (exact) mass is 470 g/mol. The molecule has 0 atom stereocenters. The summed E-state index contributed by atoms with van der Waals surface area (Å²) in [5.41, 5.74) is 2.53. The Kier molecular flexibility index (Phi) is 7.55. The van der Waals surface area contributed by atoms with E-state index in [-0.39, 0.29) is 28.7 Å². The van der Waals surface area contributed by atoms with Crippen molar-refractivity contribution in [2.24, 2.45) is 0 Å². The number of aryl methyl sites for hydroxylation is 1. The van der Waals surface area contributed by atoms with Gasteiger partial charge in [0.15, 0.2) is 18.1 Å². The summed E-state index contributed by atoms with van der Waals surface area (Å²) in [6.07, 6.45) is 0. The first-order valence-corrected chi connectivity index (χ1v) is 11.2. The quantitative estimate of drug-likeness (QED) is 0.366. The topological polar surface area (TPSA) is 95.9 Å². The summed E-state index contributed by atoms with van der Waals surface area (Å²) in [6.45, 7) is 6.09. The highest BCUT2D eigenvalue weighted by Gasteiger charge is 2.22. The van der Waals surface area contributed by atoms with Crippen LogP contribution < -0.4 is 14.8 Å². The lowest BCUT2D eigenvalue weighted by Gasteiger charge is -2.15. The molecular formula is C24H26N2O6S. The number of nitrogens with zero attached hydrogens (tertiary/aromatic N) is 1. The van der Waals surface area contributed by atoms with Crippen LogP contribution in [0.2, 0.25) is 0 Å². The molecule has 0 radical (unpaired) electrons. The fraction of sp³-hybridized carbons (Fsp3) is 0.292. The van der Waals surface area contributed by atoms with E-state index in [1.807, 2.05) is 25.3 Å². The van der Waals surface area contributed by atoms with E-state index in [0.717, 1.165) is 17.9 Å². The van der Waals surface area contributed by atoms with Gasteiger partial charge >= 0.3 is 5.97 Å². The zero-order valence-corrected chi connectivity index (χ0v) is 20.0. The molecule has 0 spiro atoms. The van der Waals surface area contributed by atoms with Crippen LogP contribution in [0.1, 0.15) is 48.7 Å². The number of hydrogen-bond donors (Lipinski definition) is 1. The molecule has 0 aliphatic carbocycles. The number of aromatic nitrogens is 1. The third-order valence-corrected chi connectivity index (χ3v) is 6.13. The summed E-state index contributed by atoms with van der Waals surface area (Å²) in [4.78, 5) is 38.7. The van der Waals surface area contributed by atoms with Gasteiger partial charge in [-0.2, -0.15) is 0 Å². The molecule has 9 heteroatoms. The maximum Gasteiger partial charge on any atom is 0.340 e. The van der Waals surface area contributed by atoms with Crippen molar-refractivity contribution in [1.82, 2.24) is 4.57 Å². The molecule has 2 heterocycles. The van der Waals surface area contributed by atoms with Crippen molar-refractivity contribution in [2.75, 3.05) is 26.1 Å². The molecule has 8 nitrogen and oxygen atoms in total. The van der Waals surface area contributed by atoms with Crippen molar-refractivity contribution in [3.63, 3.8) is 0 Å². The van der Waals surface area contributed by atoms with Gasteiger partial charge in [-0.25, -0.2) is 4.79 Å². The second-order valence-corrected chi connectivity index (χ2v) is 8.16. The number of benzene rings is 1. The number of hydrogen-bond acceptors (Lipinski definition) is 7. The molecule has 0 saturated carbocycles. The molecule has 1 aromatic carbocycles. The van der Waals surface area contributed by atoms with Crippen LogP contribution in [-0.2, 0) is 11.3 Å². The predicted octanol–water partition coefficient (Wildman–Crippen LogP) is 4.50. The van der Waals surface area contributed by atoms with E-state index in [1.165, 1.54) is 37.7 Å². The van der Waals surface area contributed by atoms with Gasteiger partial charge in [0.05, 0.1) is 30.3 Å². The molecule has 0 aliphatic rings. The number of rotatable bonds is 9. The third kappa shape index (κ3) is 5.09. The molecule has 33 heavy (non-hydrogen) atoms. The smallest absolute Gasteiger partial charge is 0.340 e. The number of amides is 1. The minimum absolute atomic E-state index is 0.0457. The molecule has 174 valence electrons. The molecule has 0 unspecified atom stereocenters. The Morgan fingerprint density at radius 2 is 1.73 bits per heavy atom. The number of nitrogens with one attached hydrogen (secondary N) is 1. The average Bonchev–Trinajstić information content (AvgIpc) is 3.45. The Morgan fingerprint density at radius 1 is 1.03 bits per heavy atom. The summed E-state index contributed by atoms with van der Waals surface area (Å²) in [5.74, 6) is -0.833. The van der Waals surface area contributed by atoms with E-state index in [9.17, 15) is 14.4 Å². The Bertz CT molecular complexity index is 1180. The number of carbonyl (C=O) groups is 3. The number of ether oxygens (including phenoxy) is 3. The van der Waals surface area contributed by atoms with Gasteiger partial charge in [0, 0.05) is 35.6 Å².